The molecule has 2 heterocycles. The van der Waals surface area contributed by atoms with Crippen LogP contribution in [-0.4, -0.2) is 24.7 Å². The molecule has 2 N–H and O–H groups in total. The van der Waals surface area contributed by atoms with Gasteiger partial charge in [-0.2, -0.15) is 18.3 Å². The summed E-state index contributed by atoms with van der Waals surface area (Å²) in [5.41, 5.74) is -1.53. The molecule has 0 fully saturated rings. The zero-order valence-electron chi connectivity index (χ0n) is 13.7. The quantitative estimate of drug-likeness (QED) is 0.694. The summed E-state index contributed by atoms with van der Waals surface area (Å²) in [6.07, 6.45) is -4.79. The molecule has 0 aliphatic carbocycles. The predicted octanol–water partition coefficient (Wildman–Crippen LogP) is 2.53. The molecule has 3 rings (SSSR count). The maximum atomic E-state index is 13.9. The highest BCUT2D eigenvalue weighted by Gasteiger charge is 2.34. The Labute approximate surface area is 144 Å². The van der Waals surface area contributed by atoms with E-state index < -0.39 is 35.6 Å². The molecule has 0 spiro atoms. The average molecular weight is 370 g/mol. The summed E-state index contributed by atoms with van der Waals surface area (Å²) in [7, 11) is 0. The number of H-pyrrole nitrogens is 1. The topological polar surface area (TPSA) is 83.3 Å². The third-order valence-corrected chi connectivity index (χ3v) is 4.05. The van der Waals surface area contributed by atoms with Crippen LogP contribution in [0.3, 0.4) is 0 Å². The molecule has 1 atom stereocenters. The van der Waals surface area contributed by atoms with Crippen LogP contribution in [0.2, 0.25) is 0 Å². The fourth-order valence-corrected chi connectivity index (χ4v) is 2.77. The molecule has 26 heavy (non-hydrogen) atoms. The minimum absolute atomic E-state index is 0.0346. The van der Waals surface area contributed by atoms with Crippen molar-refractivity contribution in [3.05, 3.63) is 62.8 Å². The smallest absolute Gasteiger partial charge is 0.390 e. The molecule has 2 aromatic heterocycles. The molecular formula is C16H14F4N4O2. The van der Waals surface area contributed by atoms with Gasteiger partial charge in [-0.3, -0.25) is 4.79 Å². The normalized spacial score (nSPS) is 13.3. The van der Waals surface area contributed by atoms with Crippen LogP contribution in [0.1, 0.15) is 41.3 Å². The van der Waals surface area contributed by atoms with Crippen molar-refractivity contribution < 1.29 is 22.7 Å². The van der Waals surface area contributed by atoms with Crippen LogP contribution in [0.25, 0.3) is 5.52 Å². The molecule has 0 aliphatic heterocycles. The van der Waals surface area contributed by atoms with E-state index in [9.17, 15) is 27.5 Å². The highest BCUT2D eigenvalue weighted by atomic mass is 19.4. The Hall–Kier alpha value is -2.75. The fourth-order valence-electron chi connectivity index (χ4n) is 2.77. The second kappa shape index (κ2) is 6.20. The molecule has 1 aromatic carbocycles. The number of benzene rings is 1. The van der Waals surface area contributed by atoms with Gasteiger partial charge in [-0.1, -0.05) is 13.0 Å². The van der Waals surface area contributed by atoms with E-state index in [1.807, 2.05) is 0 Å². The summed E-state index contributed by atoms with van der Waals surface area (Å²) < 4.78 is 53.3. The van der Waals surface area contributed by atoms with E-state index in [0.29, 0.717) is 6.07 Å². The van der Waals surface area contributed by atoms with E-state index in [-0.39, 0.29) is 28.4 Å². The van der Waals surface area contributed by atoms with Crippen LogP contribution >= 0.6 is 0 Å². The van der Waals surface area contributed by atoms with Crippen LogP contribution in [0.15, 0.2) is 23.0 Å². The molecule has 1 unspecified atom stereocenters. The van der Waals surface area contributed by atoms with Crippen molar-refractivity contribution in [2.75, 3.05) is 0 Å². The van der Waals surface area contributed by atoms with Gasteiger partial charge in [0.2, 0.25) is 0 Å². The summed E-state index contributed by atoms with van der Waals surface area (Å²) >= 11 is 0. The lowest BCUT2D eigenvalue weighted by Crippen LogP contribution is -2.17. The molecule has 0 amide bonds. The van der Waals surface area contributed by atoms with E-state index in [1.165, 1.54) is 4.52 Å². The third kappa shape index (κ3) is 2.96. The molecular weight excluding hydrogens is 356 g/mol. The largest absolute Gasteiger partial charge is 0.419 e. The molecule has 0 radical (unpaired) electrons. The number of aryl methyl sites for hydroxylation is 1. The number of nitrogens with zero attached hydrogens (tertiary/aromatic N) is 3. The molecule has 0 aliphatic rings. The van der Waals surface area contributed by atoms with Crippen molar-refractivity contribution in [2.45, 2.75) is 32.5 Å². The van der Waals surface area contributed by atoms with E-state index in [4.69, 9.17) is 0 Å². The van der Waals surface area contributed by atoms with Gasteiger partial charge in [-0.25, -0.2) is 13.9 Å². The monoisotopic (exact) mass is 370 g/mol. The van der Waals surface area contributed by atoms with Crippen LogP contribution < -0.4 is 5.56 Å². The molecule has 6 nitrogen and oxygen atoms in total. The lowest BCUT2D eigenvalue weighted by molar-refractivity contribution is -0.140. The molecule has 0 saturated heterocycles. The number of aliphatic hydroxyl groups is 1. The van der Waals surface area contributed by atoms with Crippen LogP contribution in [0.4, 0.5) is 17.6 Å². The van der Waals surface area contributed by atoms with Gasteiger partial charge in [0, 0.05) is 5.92 Å². The Morgan fingerprint density at radius 3 is 2.62 bits per heavy atom. The highest BCUT2D eigenvalue weighted by molar-refractivity contribution is 5.51. The second-order valence-electron chi connectivity index (χ2n) is 5.83. The zero-order valence-corrected chi connectivity index (χ0v) is 13.7. The first-order chi connectivity index (χ1) is 12.1. The Kier molecular flexibility index (Phi) is 4.31. The van der Waals surface area contributed by atoms with Gasteiger partial charge >= 0.3 is 6.18 Å². The van der Waals surface area contributed by atoms with Crippen LogP contribution in [0.5, 0.6) is 0 Å². The number of hydrogen-bond acceptors (Lipinski definition) is 4. The number of aromatic nitrogens is 4. The number of halogens is 4. The van der Waals surface area contributed by atoms with Crippen molar-refractivity contribution in [1.82, 2.24) is 19.6 Å². The second-order valence-corrected chi connectivity index (χ2v) is 5.83. The van der Waals surface area contributed by atoms with Crippen molar-refractivity contribution >= 4 is 5.52 Å². The first kappa shape index (κ1) is 18.1. The van der Waals surface area contributed by atoms with Gasteiger partial charge in [-0.15, -0.1) is 0 Å². The minimum atomic E-state index is -4.79. The molecule has 0 saturated carbocycles. The molecule has 3 aromatic rings. The van der Waals surface area contributed by atoms with Gasteiger partial charge in [-0.05, 0) is 24.6 Å². The summed E-state index contributed by atoms with van der Waals surface area (Å²) in [5.74, 6) is -1.57. The van der Waals surface area contributed by atoms with Gasteiger partial charge in [0.05, 0.1) is 17.9 Å². The predicted molar refractivity (Wildman–Crippen MR) is 83.2 cm³/mol. The van der Waals surface area contributed by atoms with E-state index in [2.05, 4.69) is 15.1 Å². The molecule has 10 heteroatoms. The van der Waals surface area contributed by atoms with Gasteiger partial charge in [0.1, 0.15) is 17.5 Å². The van der Waals surface area contributed by atoms with Gasteiger partial charge in [0.25, 0.3) is 5.56 Å². The Balaban J connectivity index is 2.15. The number of rotatable bonds is 3. The van der Waals surface area contributed by atoms with E-state index >= 15 is 0 Å². The summed E-state index contributed by atoms with van der Waals surface area (Å²) in [5, 5.41) is 13.6. The Morgan fingerprint density at radius 2 is 2.04 bits per heavy atom. The number of nitrogens with one attached hydrogen (secondary N) is 1. The Bertz CT molecular complexity index is 1040. The minimum Gasteiger partial charge on any atom is -0.390 e. The van der Waals surface area contributed by atoms with Crippen LogP contribution in [0, 0.1) is 12.7 Å². The number of imidazole rings is 1. The standard InChI is InChI=1S/C16H14F4N4O2/c1-7(9-3-4-10(11(17)5-9)16(18,19)20)14-22-12(6-25)13-15(26)21-8(2)23-24(13)14/h3-5,7,25H,6H2,1-2H3,(H,21,23,26). The zero-order chi connectivity index (χ0) is 19.2. The number of aromatic amines is 1. The number of aliphatic hydroxyl groups excluding tert-OH is 1. The summed E-state index contributed by atoms with van der Waals surface area (Å²) in [6, 6.07) is 2.60. The van der Waals surface area contributed by atoms with Crippen molar-refractivity contribution in [3.8, 4) is 0 Å². The lowest BCUT2D eigenvalue weighted by atomic mass is 9.98. The Morgan fingerprint density at radius 1 is 1.35 bits per heavy atom. The fraction of sp³-hybridized carbons (Fsp3) is 0.312. The maximum absolute atomic E-state index is 13.9. The van der Waals surface area contributed by atoms with Crippen molar-refractivity contribution in [2.24, 2.45) is 0 Å². The number of fused-ring (bicyclic) bond motifs is 1. The van der Waals surface area contributed by atoms with E-state index in [0.717, 1.165) is 12.1 Å². The molecule has 0 bridgehead atoms. The maximum Gasteiger partial charge on any atom is 0.419 e. The number of alkyl halides is 3. The average Bonchev–Trinajstić information content (AvgIpc) is 2.91. The summed E-state index contributed by atoms with van der Waals surface area (Å²) in [6.45, 7) is 2.62. The number of hydrogen-bond donors (Lipinski definition) is 2. The third-order valence-electron chi connectivity index (χ3n) is 4.05. The van der Waals surface area contributed by atoms with Crippen molar-refractivity contribution in [1.29, 1.82) is 0 Å². The van der Waals surface area contributed by atoms with Gasteiger partial charge < -0.3 is 10.1 Å². The van der Waals surface area contributed by atoms with Gasteiger partial charge in [0.15, 0.2) is 5.52 Å². The SMILES string of the molecule is Cc1nn2c(C(C)c3ccc(C(F)(F)F)c(F)c3)nc(CO)c2c(=O)[nH]1. The van der Waals surface area contributed by atoms with Crippen molar-refractivity contribution in [3.63, 3.8) is 0 Å². The first-order valence-corrected chi connectivity index (χ1v) is 7.59. The summed E-state index contributed by atoms with van der Waals surface area (Å²) in [4.78, 5) is 18.8. The van der Waals surface area contributed by atoms with Crippen LogP contribution in [-0.2, 0) is 12.8 Å². The first-order valence-electron chi connectivity index (χ1n) is 7.59. The highest BCUT2D eigenvalue weighted by Crippen LogP contribution is 2.33. The molecule has 138 valence electrons. The van der Waals surface area contributed by atoms with E-state index in [1.54, 1.807) is 13.8 Å². The lowest BCUT2D eigenvalue weighted by Gasteiger charge is -2.13.